The molecule has 0 aliphatic heterocycles. The molecular weight excluding hydrogens is 396 g/mol. The van der Waals surface area contributed by atoms with E-state index in [0.717, 1.165) is 0 Å². The van der Waals surface area contributed by atoms with E-state index in [4.69, 9.17) is 24.7 Å². The molecule has 29 heavy (non-hydrogen) atoms. The monoisotopic (exact) mass is 418 g/mol. The number of methoxy groups -OCH3 is 4. The van der Waals surface area contributed by atoms with Crippen LogP contribution in [0, 0.1) is 11.3 Å². The van der Waals surface area contributed by atoms with Crippen molar-refractivity contribution in [3.8, 4) is 29.1 Å². The third-order valence-corrected chi connectivity index (χ3v) is 5.72. The van der Waals surface area contributed by atoms with Crippen molar-refractivity contribution in [2.75, 3.05) is 34.2 Å². The lowest BCUT2D eigenvalue weighted by atomic mass is 10.1. The van der Waals surface area contributed by atoms with Crippen molar-refractivity contribution in [3.05, 3.63) is 46.4 Å². The molecular formula is C20H22N2O6S. The van der Waals surface area contributed by atoms with Gasteiger partial charge in [-0.05, 0) is 23.8 Å². The number of benzene rings is 2. The number of allylic oxidation sites excluding steroid dienone is 1. The van der Waals surface area contributed by atoms with Crippen LogP contribution in [-0.4, -0.2) is 36.9 Å². The summed E-state index contributed by atoms with van der Waals surface area (Å²) in [5.74, 6) is 1.11. The van der Waals surface area contributed by atoms with Gasteiger partial charge in [0.15, 0.2) is 9.84 Å². The first-order valence-corrected chi connectivity index (χ1v) is 10.0. The first-order valence-electron chi connectivity index (χ1n) is 8.36. The van der Waals surface area contributed by atoms with Crippen LogP contribution in [0.1, 0.15) is 11.1 Å². The van der Waals surface area contributed by atoms with Crippen LogP contribution in [-0.2, 0) is 15.6 Å². The highest BCUT2D eigenvalue weighted by Crippen LogP contribution is 2.36. The van der Waals surface area contributed by atoms with Gasteiger partial charge in [0, 0.05) is 12.1 Å². The Bertz CT molecular complexity index is 1050. The molecule has 2 aromatic carbocycles. The predicted octanol–water partition coefficient (Wildman–Crippen LogP) is 2.78. The number of sulfone groups is 1. The van der Waals surface area contributed by atoms with Gasteiger partial charge >= 0.3 is 0 Å². The van der Waals surface area contributed by atoms with E-state index in [1.54, 1.807) is 30.3 Å². The van der Waals surface area contributed by atoms with Gasteiger partial charge in [-0.3, -0.25) is 0 Å². The van der Waals surface area contributed by atoms with E-state index in [1.165, 1.54) is 40.6 Å². The zero-order valence-corrected chi connectivity index (χ0v) is 17.4. The lowest BCUT2D eigenvalue weighted by molar-refractivity contribution is 0.374. The number of nitrogens with zero attached hydrogens (tertiary/aromatic N) is 1. The smallest absolute Gasteiger partial charge is 0.192 e. The molecule has 9 heteroatoms. The molecule has 0 unspecified atom stereocenters. The molecule has 2 N–H and O–H groups in total. The van der Waals surface area contributed by atoms with Crippen LogP contribution in [0.25, 0.3) is 6.08 Å². The average molecular weight is 418 g/mol. The van der Waals surface area contributed by atoms with E-state index >= 15 is 0 Å². The Labute approximate surface area is 170 Å². The van der Waals surface area contributed by atoms with Crippen molar-refractivity contribution in [1.82, 2.24) is 0 Å². The van der Waals surface area contributed by atoms with Gasteiger partial charge < -0.3 is 24.7 Å². The minimum Gasteiger partial charge on any atom is -0.496 e. The number of nitrogen functional groups attached to an aromatic ring is 1. The van der Waals surface area contributed by atoms with Crippen LogP contribution < -0.4 is 24.7 Å². The quantitative estimate of drug-likeness (QED) is 0.513. The molecule has 0 saturated carbocycles. The molecule has 154 valence electrons. The van der Waals surface area contributed by atoms with Crippen molar-refractivity contribution in [2.24, 2.45) is 0 Å². The van der Waals surface area contributed by atoms with Crippen molar-refractivity contribution in [3.63, 3.8) is 0 Å². The maximum atomic E-state index is 12.9. The molecule has 0 heterocycles. The second kappa shape index (κ2) is 9.21. The van der Waals surface area contributed by atoms with Crippen LogP contribution in [0.4, 0.5) is 5.69 Å². The summed E-state index contributed by atoms with van der Waals surface area (Å²) in [5.41, 5.74) is 6.89. The fraction of sp³-hybridized carbons (Fsp3) is 0.250. The van der Waals surface area contributed by atoms with Crippen molar-refractivity contribution >= 4 is 21.6 Å². The van der Waals surface area contributed by atoms with Gasteiger partial charge in [-0.25, -0.2) is 8.42 Å². The molecule has 0 atom stereocenters. The Hall–Kier alpha value is -3.38. The first-order chi connectivity index (χ1) is 13.8. The second-order valence-electron chi connectivity index (χ2n) is 5.90. The molecule has 2 rings (SSSR count). The van der Waals surface area contributed by atoms with E-state index in [-0.39, 0.29) is 0 Å². The predicted molar refractivity (Wildman–Crippen MR) is 110 cm³/mol. The number of anilines is 1. The summed E-state index contributed by atoms with van der Waals surface area (Å²) in [6.07, 6.45) is 1.22. The van der Waals surface area contributed by atoms with E-state index < -0.39 is 20.5 Å². The Balaban J connectivity index is 2.51. The highest BCUT2D eigenvalue weighted by molar-refractivity contribution is 7.95. The Morgan fingerprint density at radius 1 is 1.00 bits per heavy atom. The van der Waals surface area contributed by atoms with Crippen molar-refractivity contribution in [2.45, 2.75) is 5.75 Å². The minimum absolute atomic E-state index is 0.304. The molecule has 0 radical (unpaired) electrons. The second-order valence-corrected chi connectivity index (χ2v) is 7.86. The van der Waals surface area contributed by atoms with Gasteiger partial charge in [0.2, 0.25) is 0 Å². The first kappa shape index (κ1) is 21.9. The fourth-order valence-corrected chi connectivity index (χ4v) is 3.88. The fourth-order valence-electron chi connectivity index (χ4n) is 2.67. The van der Waals surface area contributed by atoms with Crippen LogP contribution in [0.3, 0.4) is 0 Å². The number of ether oxygens (including phenoxy) is 4. The summed E-state index contributed by atoms with van der Waals surface area (Å²) < 4.78 is 46.6. The highest BCUT2D eigenvalue weighted by Gasteiger charge is 2.22. The average Bonchev–Trinajstić information content (AvgIpc) is 2.71. The largest absolute Gasteiger partial charge is 0.496 e. The summed E-state index contributed by atoms with van der Waals surface area (Å²) in [6, 6.07) is 9.55. The van der Waals surface area contributed by atoms with Gasteiger partial charge in [-0.2, -0.15) is 5.26 Å². The number of nitrogens with two attached hydrogens (primary N) is 1. The number of nitriles is 1. The molecule has 0 fully saturated rings. The van der Waals surface area contributed by atoms with Crippen LogP contribution in [0.15, 0.2) is 35.2 Å². The molecule has 0 spiro atoms. The lowest BCUT2D eigenvalue weighted by Crippen LogP contribution is -2.07. The minimum atomic E-state index is -3.96. The van der Waals surface area contributed by atoms with Crippen molar-refractivity contribution in [1.29, 1.82) is 5.26 Å². The van der Waals surface area contributed by atoms with E-state index in [0.29, 0.717) is 39.8 Å². The molecule has 0 aliphatic rings. The van der Waals surface area contributed by atoms with Gasteiger partial charge in [0.05, 0.1) is 45.4 Å². The number of rotatable bonds is 8. The number of hydrogen-bond donors (Lipinski definition) is 1. The lowest BCUT2D eigenvalue weighted by Gasteiger charge is -2.13. The van der Waals surface area contributed by atoms with Crippen LogP contribution in [0.2, 0.25) is 0 Å². The van der Waals surface area contributed by atoms with Crippen LogP contribution >= 0.6 is 0 Å². The maximum absolute atomic E-state index is 12.9. The summed E-state index contributed by atoms with van der Waals surface area (Å²) in [6.45, 7) is 0. The molecule has 0 aliphatic carbocycles. The molecule has 0 aromatic heterocycles. The molecule has 0 saturated heterocycles. The number of hydrogen-bond acceptors (Lipinski definition) is 8. The maximum Gasteiger partial charge on any atom is 0.192 e. The van der Waals surface area contributed by atoms with Gasteiger partial charge in [0.25, 0.3) is 0 Å². The van der Waals surface area contributed by atoms with E-state index in [1.807, 2.05) is 0 Å². The standard InChI is InChI=1S/C20H22N2O6S/c1-25-14-8-19(27-3)16(20(9-14)28-4)10-15(11-21)29(23,24)12-13-5-6-18(26-2)17(22)7-13/h5-10H,12,22H2,1-4H3. The molecule has 2 aromatic rings. The summed E-state index contributed by atoms with van der Waals surface area (Å²) in [7, 11) is 1.83. The SMILES string of the molecule is COc1cc(OC)c(C=C(C#N)S(=O)(=O)Cc2ccc(OC)c(N)c2)c(OC)c1. The summed E-state index contributed by atoms with van der Waals surface area (Å²) in [5, 5.41) is 9.52. The topological polar surface area (TPSA) is 121 Å². The zero-order valence-electron chi connectivity index (χ0n) is 16.6. The highest BCUT2D eigenvalue weighted by atomic mass is 32.2. The molecule has 0 bridgehead atoms. The van der Waals surface area contributed by atoms with Gasteiger partial charge in [0.1, 0.15) is 34.0 Å². The molecule has 0 amide bonds. The Morgan fingerprint density at radius 3 is 2.03 bits per heavy atom. The normalized spacial score (nSPS) is 11.5. The third kappa shape index (κ3) is 4.92. The van der Waals surface area contributed by atoms with Crippen molar-refractivity contribution < 1.29 is 27.4 Å². The summed E-state index contributed by atoms with van der Waals surface area (Å²) in [4.78, 5) is -0.436. The third-order valence-electron chi connectivity index (χ3n) is 4.12. The molecule has 8 nitrogen and oxygen atoms in total. The van der Waals surface area contributed by atoms with E-state index in [9.17, 15) is 13.7 Å². The van der Waals surface area contributed by atoms with Gasteiger partial charge in [-0.15, -0.1) is 0 Å². The van der Waals surface area contributed by atoms with E-state index in [2.05, 4.69) is 0 Å². The van der Waals surface area contributed by atoms with Crippen LogP contribution in [0.5, 0.6) is 23.0 Å². The zero-order chi connectivity index (χ0) is 21.6. The summed E-state index contributed by atoms with van der Waals surface area (Å²) >= 11 is 0. The Kier molecular flexibility index (Phi) is 6.96. The Morgan fingerprint density at radius 2 is 1.59 bits per heavy atom. The van der Waals surface area contributed by atoms with Gasteiger partial charge in [-0.1, -0.05) is 6.07 Å².